The fourth-order valence-corrected chi connectivity index (χ4v) is 2.64. The number of likely N-dealkylation sites (tertiary alicyclic amines) is 1. The van der Waals surface area contributed by atoms with E-state index in [-0.39, 0.29) is 11.8 Å². The number of nitriles is 1. The summed E-state index contributed by atoms with van der Waals surface area (Å²) in [5, 5.41) is 8.77. The van der Waals surface area contributed by atoms with E-state index in [1.165, 1.54) is 19.3 Å². The van der Waals surface area contributed by atoms with Crippen LogP contribution in [-0.4, -0.2) is 36.6 Å². The summed E-state index contributed by atoms with van der Waals surface area (Å²) in [6.07, 6.45) is 6.97. The van der Waals surface area contributed by atoms with E-state index in [4.69, 9.17) is 10.00 Å². The minimum absolute atomic E-state index is 0.101. The van der Waals surface area contributed by atoms with Crippen LogP contribution in [0.15, 0.2) is 0 Å². The van der Waals surface area contributed by atoms with Crippen LogP contribution < -0.4 is 0 Å². The SMILES string of the molecule is N#CC1CC(=O)N(CCOC2CCCCC2)C1. The Morgan fingerprint density at radius 3 is 2.76 bits per heavy atom. The first kappa shape index (κ1) is 12.4. The highest BCUT2D eigenvalue weighted by Gasteiger charge is 2.29. The molecule has 0 aromatic rings. The average molecular weight is 236 g/mol. The monoisotopic (exact) mass is 236 g/mol. The van der Waals surface area contributed by atoms with E-state index in [1.807, 2.05) is 0 Å². The van der Waals surface area contributed by atoms with E-state index < -0.39 is 0 Å². The van der Waals surface area contributed by atoms with Crippen LogP contribution in [-0.2, 0) is 9.53 Å². The van der Waals surface area contributed by atoms with Gasteiger partial charge in [-0.3, -0.25) is 4.79 Å². The minimum Gasteiger partial charge on any atom is -0.376 e. The Balaban J connectivity index is 1.65. The molecule has 1 heterocycles. The first-order valence-corrected chi connectivity index (χ1v) is 6.58. The first-order valence-electron chi connectivity index (χ1n) is 6.58. The van der Waals surface area contributed by atoms with E-state index in [9.17, 15) is 4.79 Å². The molecular weight excluding hydrogens is 216 g/mol. The van der Waals surface area contributed by atoms with Crippen LogP contribution >= 0.6 is 0 Å². The van der Waals surface area contributed by atoms with Crippen molar-refractivity contribution in [2.45, 2.75) is 44.6 Å². The number of amides is 1. The Labute approximate surface area is 103 Å². The summed E-state index contributed by atoms with van der Waals surface area (Å²) in [7, 11) is 0. The molecule has 1 atom stereocenters. The smallest absolute Gasteiger partial charge is 0.224 e. The molecule has 0 bridgehead atoms. The number of nitrogens with zero attached hydrogens (tertiary/aromatic N) is 2. The summed E-state index contributed by atoms with van der Waals surface area (Å²) in [5.74, 6) is -0.0130. The quantitative estimate of drug-likeness (QED) is 0.746. The lowest BCUT2D eigenvalue weighted by Gasteiger charge is -2.23. The lowest BCUT2D eigenvalue weighted by atomic mass is 9.98. The standard InChI is InChI=1S/C13H20N2O2/c14-9-11-8-13(16)15(10-11)6-7-17-12-4-2-1-3-5-12/h11-12H,1-8,10H2. The van der Waals surface area contributed by atoms with Gasteiger partial charge in [0, 0.05) is 19.5 Å². The third kappa shape index (κ3) is 3.44. The van der Waals surface area contributed by atoms with E-state index in [0.717, 1.165) is 12.8 Å². The topological polar surface area (TPSA) is 53.3 Å². The summed E-state index contributed by atoms with van der Waals surface area (Å²) >= 11 is 0. The molecule has 0 aromatic heterocycles. The van der Waals surface area contributed by atoms with E-state index in [0.29, 0.717) is 32.2 Å². The van der Waals surface area contributed by atoms with Gasteiger partial charge >= 0.3 is 0 Å². The molecule has 4 nitrogen and oxygen atoms in total. The zero-order valence-electron chi connectivity index (χ0n) is 10.2. The summed E-state index contributed by atoms with van der Waals surface area (Å²) in [4.78, 5) is 13.3. The summed E-state index contributed by atoms with van der Waals surface area (Å²) in [6.45, 7) is 1.85. The molecule has 1 aliphatic carbocycles. The highest BCUT2D eigenvalue weighted by Crippen LogP contribution is 2.21. The normalized spacial score (nSPS) is 26.2. The van der Waals surface area contributed by atoms with Gasteiger partial charge in [0.05, 0.1) is 24.7 Å². The zero-order chi connectivity index (χ0) is 12.1. The predicted octanol–water partition coefficient (Wildman–Crippen LogP) is 1.71. The minimum atomic E-state index is -0.114. The van der Waals surface area contributed by atoms with Crippen LogP contribution in [0.2, 0.25) is 0 Å². The average Bonchev–Trinajstić information content (AvgIpc) is 2.72. The van der Waals surface area contributed by atoms with E-state index >= 15 is 0 Å². The number of carbonyl (C=O) groups is 1. The molecule has 17 heavy (non-hydrogen) atoms. The molecule has 0 spiro atoms. The first-order chi connectivity index (χ1) is 8.29. The summed E-state index contributed by atoms with van der Waals surface area (Å²) in [5.41, 5.74) is 0. The van der Waals surface area contributed by atoms with Crippen molar-refractivity contribution in [2.75, 3.05) is 19.7 Å². The van der Waals surface area contributed by atoms with Crippen molar-refractivity contribution in [3.63, 3.8) is 0 Å². The maximum absolute atomic E-state index is 11.5. The van der Waals surface area contributed by atoms with Crippen molar-refractivity contribution in [1.82, 2.24) is 4.90 Å². The van der Waals surface area contributed by atoms with Crippen molar-refractivity contribution in [3.8, 4) is 6.07 Å². The second-order valence-corrected chi connectivity index (χ2v) is 5.00. The van der Waals surface area contributed by atoms with Gasteiger partial charge in [0.25, 0.3) is 0 Å². The largest absolute Gasteiger partial charge is 0.376 e. The van der Waals surface area contributed by atoms with Crippen molar-refractivity contribution >= 4 is 5.91 Å². The van der Waals surface area contributed by atoms with Gasteiger partial charge in [0.2, 0.25) is 5.91 Å². The lowest BCUT2D eigenvalue weighted by molar-refractivity contribution is -0.128. The molecule has 2 aliphatic rings. The molecule has 1 saturated carbocycles. The van der Waals surface area contributed by atoms with Crippen LogP contribution in [0.5, 0.6) is 0 Å². The van der Waals surface area contributed by atoms with Crippen molar-refractivity contribution in [3.05, 3.63) is 0 Å². The van der Waals surface area contributed by atoms with Gasteiger partial charge in [0.15, 0.2) is 0 Å². The Morgan fingerprint density at radius 2 is 2.12 bits per heavy atom. The van der Waals surface area contributed by atoms with Crippen molar-refractivity contribution < 1.29 is 9.53 Å². The summed E-state index contributed by atoms with van der Waals surface area (Å²) in [6, 6.07) is 2.16. The van der Waals surface area contributed by atoms with Gasteiger partial charge in [-0.1, -0.05) is 19.3 Å². The molecule has 1 saturated heterocycles. The van der Waals surface area contributed by atoms with Crippen molar-refractivity contribution in [1.29, 1.82) is 5.26 Å². The van der Waals surface area contributed by atoms with Crippen molar-refractivity contribution in [2.24, 2.45) is 5.92 Å². The van der Waals surface area contributed by atoms with Crippen LogP contribution in [0, 0.1) is 17.2 Å². The number of carbonyl (C=O) groups excluding carboxylic acids is 1. The fraction of sp³-hybridized carbons (Fsp3) is 0.846. The van der Waals surface area contributed by atoms with Gasteiger partial charge in [-0.25, -0.2) is 0 Å². The maximum Gasteiger partial charge on any atom is 0.224 e. The summed E-state index contributed by atoms with van der Waals surface area (Å²) < 4.78 is 5.79. The second-order valence-electron chi connectivity index (χ2n) is 5.00. The van der Waals surface area contributed by atoms with Gasteiger partial charge in [-0.2, -0.15) is 5.26 Å². The molecule has 0 aromatic carbocycles. The second kappa shape index (κ2) is 6.02. The van der Waals surface area contributed by atoms with Gasteiger partial charge < -0.3 is 9.64 Å². The van der Waals surface area contributed by atoms with Gasteiger partial charge in [-0.05, 0) is 12.8 Å². The lowest BCUT2D eigenvalue weighted by Crippen LogP contribution is -2.30. The van der Waals surface area contributed by atoms with Crippen LogP contribution in [0.25, 0.3) is 0 Å². The predicted molar refractivity (Wildman–Crippen MR) is 63.1 cm³/mol. The Kier molecular flexibility index (Phi) is 4.38. The molecule has 2 rings (SSSR count). The molecular formula is C13H20N2O2. The highest BCUT2D eigenvalue weighted by molar-refractivity contribution is 5.79. The molecule has 0 N–H and O–H groups in total. The van der Waals surface area contributed by atoms with Crippen LogP contribution in [0.3, 0.4) is 0 Å². The van der Waals surface area contributed by atoms with Crippen LogP contribution in [0.1, 0.15) is 38.5 Å². The number of hydrogen-bond donors (Lipinski definition) is 0. The number of rotatable bonds is 4. The molecule has 1 unspecified atom stereocenters. The Bertz CT molecular complexity index is 305. The fourth-order valence-electron chi connectivity index (χ4n) is 2.64. The number of hydrogen-bond acceptors (Lipinski definition) is 3. The third-order valence-corrected chi connectivity index (χ3v) is 3.66. The molecule has 1 aliphatic heterocycles. The van der Waals surface area contributed by atoms with Gasteiger partial charge in [-0.15, -0.1) is 0 Å². The maximum atomic E-state index is 11.5. The van der Waals surface area contributed by atoms with Gasteiger partial charge in [0.1, 0.15) is 0 Å². The molecule has 0 radical (unpaired) electrons. The Hall–Kier alpha value is -1.08. The zero-order valence-corrected chi connectivity index (χ0v) is 10.2. The molecule has 1 amide bonds. The molecule has 2 fully saturated rings. The van der Waals surface area contributed by atoms with Crippen LogP contribution in [0.4, 0.5) is 0 Å². The Morgan fingerprint density at radius 1 is 1.35 bits per heavy atom. The van der Waals surface area contributed by atoms with E-state index in [2.05, 4.69) is 6.07 Å². The highest BCUT2D eigenvalue weighted by atomic mass is 16.5. The molecule has 4 heteroatoms. The number of ether oxygens (including phenoxy) is 1. The molecule has 94 valence electrons. The third-order valence-electron chi connectivity index (χ3n) is 3.66. The van der Waals surface area contributed by atoms with E-state index in [1.54, 1.807) is 4.90 Å².